The van der Waals surface area contributed by atoms with Crippen LogP contribution in [0.3, 0.4) is 0 Å². The quantitative estimate of drug-likeness (QED) is 0.615. The fourth-order valence-corrected chi connectivity index (χ4v) is 1.25. The van der Waals surface area contributed by atoms with Crippen LogP contribution in [0.15, 0.2) is 22.6 Å². The van der Waals surface area contributed by atoms with Crippen molar-refractivity contribution in [3.8, 4) is 0 Å². The van der Waals surface area contributed by atoms with Gasteiger partial charge in [-0.15, -0.1) is 0 Å². The van der Waals surface area contributed by atoms with Crippen molar-refractivity contribution in [1.29, 1.82) is 0 Å². The molecular formula is C8H7ClN2O. The molecule has 2 aromatic rings. The minimum absolute atomic E-state index is 0.367. The highest BCUT2D eigenvalue weighted by Crippen LogP contribution is 2.28. The summed E-state index contributed by atoms with van der Waals surface area (Å²) >= 11 is 5.77. The van der Waals surface area contributed by atoms with Crippen molar-refractivity contribution in [2.24, 2.45) is 0 Å². The van der Waals surface area contributed by atoms with E-state index in [-0.39, 0.29) is 0 Å². The van der Waals surface area contributed by atoms with E-state index >= 15 is 0 Å². The summed E-state index contributed by atoms with van der Waals surface area (Å²) in [5, 5.41) is 1.35. The summed E-state index contributed by atoms with van der Waals surface area (Å²) in [6.45, 7) is 0. The zero-order valence-corrected chi connectivity index (χ0v) is 6.93. The Balaban J connectivity index is 2.83. The Morgan fingerprint density at radius 3 is 2.67 bits per heavy atom. The number of benzene rings is 1. The van der Waals surface area contributed by atoms with Gasteiger partial charge >= 0.3 is 0 Å². The molecule has 0 fully saturated rings. The lowest BCUT2D eigenvalue weighted by Crippen LogP contribution is -1.84. The van der Waals surface area contributed by atoms with Crippen molar-refractivity contribution in [2.45, 2.75) is 0 Å². The van der Waals surface area contributed by atoms with Gasteiger partial charge in [0.15, 0.2) is 5.88 Å². The molecule has 0 aliphatic rings. The fourth-order valence-electron chi connectivity index (χ4n) is 1.10. The molecule has 3 nitrogen and oxygen atoms in total. The predicted octanol–water partition coefficient (Wildman–Crippen LogP) is 2.25. The molecule has 1 aromatic heterocycles. The van der Waals surface area contributed by atoms with E-state index in [2.05, 4.69) is 0 Å². The third-order valence-corrected chi connectivity index (χ3v) is 1.98. The number of nitrogens with two attached hydrogens (primary N) is 2. The highest BCUT2D eigenvalue weighted by molar-refractivity contribution is 6.33. The first-order chi connectivity index (χ1) is 5.66. The first kappa shape index (κ1) is 7.31. The Bertz CT molecular complexity index is 397. The van der Waals surface area contributed by atoms with Crippen LogP contribution >= 0.6 is 11.6 Å². The van der Waals surface area contributed by atoms with Crippen LogP contribution in [-0.4, -0.2) is 0 Å². The summed E-state index contributed by atoms with van der Waals surface area (Å²) in [4.78, 5) is 0. The summed E-state index contributed by atoms with van der Waals surface area (Å²) in [6, 6.07) is 5.10. The smallest absolute Gasteiger partial charge is 0.191 e. The van der Waals surface area contributed by atoms with Gasteiger partial charge in [0, 0.05) is 17.5 Å². The summed E-state index contributed by atoms with van der Waals surface area (Å²) in [7, 11) is 0. The molecule has 12 heavy (non-hydrogen) atoms. The number of rotatable bonds is 0. The zero-order chi connectivity index (χ0) is 8.72. The van der Waals surface area contributed by atoms with E-state index in [1.54, 1.807) is 18.2 Å². The first-order valence-electron chi connectivity index (χ1n) is 3.41. The number of nitrogen functional groups attached to an aromatic ring is 2. The molecule has 0 radical (unpaired) electrons. The first-order valence-corrected chi connectivity index (χ1v) is 3.78. The lowest BCUT2D eigenvalue weighted by atomic mass is 10.2. The molecule has 0 spiro atoms. The van der Waals surface area contributed by atoms with Crippen LogP contribution in [0, 0.1) is 0 Å². The number of furan rings is 1. The number of anilines is 2. The maximum absolute atomic E-state index is 5.77. The topological polar surface area (TPSA) is 65.2 Å². The minimum atomic E-state index is 0.367. The van der Waals surface area contributed by atoms with Crippen molar-refractivity contribution in [2.75, 3.05) is 11.5 Å². The van der Waals surface area contributed by atoms with E-state index in [0.717, 1.165) is 5.39 Å². The zero-order valence-electron chi connectivity index (χ0n) is 6.17. The van der Waals surface area contributed by atoms with Crippen molar-refractivity contribution in [3.05, 3.63) is 23.2 Å². The summed E-state index contributed by atoms with van der Waals surface area (Å²) in [5.41, 5.74) is 12.2. The normalized spacial score (nSPS) is 10.8. The molecule has 4 N–H and O–H groups in total. The van der Waals surface area contributed by atoms with Crippen LogP contribution in [0.2, 0.25) is 5.02 Å². The average molecular weight is 183 g/mol. The van der Waals surface area contributed by atoms with E-state index in [4.69, 9.17) is 27.5 Å². The minimum Gasteiger partial charge on any atom is -0.441 e. The third-order valence-electron chi connectivity index (χ3n) is 1.65. The molecule has 0 atom stereocenters. The molecule has 4 heteroatoms. The van der Waals surface area contributed by atoms with Gasteiger partial charge in [-0.3, -0.25) is 0 Å². The maximum Gasteiger partial charge on any atom is 0.191 e. The number of hydrogen-bond donors (Lipinski definition) is 2. The molecular weight excluding hydrogens is 176 g/mol. The van der Waals surface area contributed by atoms with Crippen LogP contribution in [-0.2, 0) is 0 Å². The predicted molar refractivity (Wildman–Crippen MR) is 50.0 cm³/mol. The van der Waals surface area contributed by atoms with Crippen molar-refractivity contribution < 1.29 is 4.42 Å². The standard InChI is InChI=1S/C8H7ClN2O/c9-5-3-7-4(1-6(5)10)2-8(11)12-7/h1-3H,10-11H2. The Morgan fingerprint density at radius 1 is 1.17 bits per heavy atom. The van der Waals surface area contributed by atoms with Gasteiger partial charge in [-0.1, -0.05) is 11.6 Å². The van der Waals surface area contributed by atoms with Crippen LogP contribution in [0.25, 0.3) is 11.0 Å². The molecule has 1 aromatic carbocycles. The molecule has 2 rings (SSSR count). The fraction of sp³-hybridized carbons (Fsp3) is 0. The van der Waals surface area contributed by atoms with Crippen LogP contribution in [0.1, 0.15) is 0 Å². The lowest BCUT2D eigenvalue weighted by Gasteiger charge is -1.95. The van der Waals surface area contributed by atoms with Gasteiger partial charge in [-0.25, -0.2) is 0 Å². The van der Waals surface area contributed by atoms with Gasteiger partial charge in [0.2, 0.25) is 0 Å². The molecule has 0 saturated carbocycles. The monoisotopic (exact) mass is 182 g/mol. The Hall–Kier alpha value is -1.35. The van der Waals surface area contributed by atoms with Gasteiger partial charge in [-0.2, -0.15) is 0 Å². The van der Waals surface area contributed by atoms with Crippen LogP contribution in [0.4, 0.5) is 11.6 Å². The van der Waals surface area contributed by atoms with Gasteiger partial charge in [0.1, 0.15) is 5.58 Å². The second-order valence-electron chi connectivity index (χ2n) is 2.56. The Morgan fingerprint density at radius 2 is 1.92 bits per heavy atom. The molecule has 1 heterocycles. The van der Waals surface area contributed by atoms with Gasteiger partial charge in [0.05, 0.1) is 10.7 Å². The molecule has 0 aliphatic carbocycles. The third kappa shape index (κ3) is 0.987. The van der Waals surface area contributed by atoms with Crippen LogP contribution < -0.4 is 11.5 Å². The number of hydrogen-bond acceptors (Lipinski definition) is 3. The molecule has 62 valence electrons. The van der Waals surface area contributed by atoms with Crippen molar-refractivity contribution in [1.82, 2.24) is 0 Å². The molecule has 0 saturated heterocycles. The van der Waals surface area contributed by atoms with Gasteiger partial charge in [-0.05, 0) is 6.07 Å². The molecule has 0 unspecified atom stereocenters. The Kier molecular flexibility index (Phi) is 1.41. The SMILES string of the molecule is Nc1cc2cc(N)c(Cl)cc2o1. The summed E-state index contributed by atoms with van der Waals surface area (Å²) in [6.07, 6.45) is 0. The molecule has 0 aliphatic heterocycles. The maximum atomic E-state index is 5.77. The van der Waals surface area contributed by atoms with Crippen molar-refractivity contribution in [3.63, 3.8) is 0 Å². The van der Waals surface area contributed by atoms with Gasteiger partial charge < -0.3 is 15.9 Å². The lowest BCUT2D eigenvalue weighted by molar-refractivity contribution is 0.637. The van der Waals surface area contributed by atoms with E-state index in [9.17, 15) is 0 Å². The van der Waals surface area contributed by atoms with E-state index < -0.39 is 0 Å². The molecule has 0 bridgehead atoms. The Labute approximate surface area is 73.9 Å². The number of halogens is 1. The van der Waals surface area contributed by atoms with E-state index in [0.29, 0.717) is 22.2 Å². The van der Waals surface area contributed by atoms with E-state index in [1.165, 1.54) is 0 Å². The number of fused-ring (bicyclic) bond motifs is 1. The highest BCUT2D eigenvalue weighted by Gasteiger charge is 2.03. The largest absolute Gasteiger partial charge is 0.441 e. The second-order valence-corrected chi connectivity index (χ2v) is 2.97. The molecule has 0 amide bonds. The van der Waals surface area contributed by atoms with Crippen molar-refractivity contribution >= 4 is 34.1 Å². The summed E-state index contributed by atoms with van der Waals surface area (Å²) in [5.74, 6) is 0.367. The second kappa shape index (κ2) is 2.32. The van der Waals surface area contributed by atoms with E-state index in [1.807, 2.05) is 0 Å². The average Bonchev–Trinajstić information content (AvgIpc) is 2.30. The van der Waals surface area contributed by atoms with Crippen LogP contribution in [0.5, 0.6) is 0 Å². The summed E-state index contributed by atoms with van der Waals surface area (Å²) < 4.78 is 5.14. The highest BCUT2D eigenvalue weighted by atomic mass is 35.5. The van der Waals surface area contributed by atoms with Gasteiger partial charge in [0.25, 0.3) is 0 Å².